The molecule has 0 aromatic heterocycles. The average molecular weight is 303 g/mol. The molecule has 1 unspecified atom stereocenters. The Bertz CT molecular complexity index is 329. The monoisotopic (exact) mass is 303 g/mol. The number of amides is 1. The molecule has 1 aliphatic heterocycles. The fourth-order valence-electron chi connectivity index (χ4n) is 2.04. The lowest BCUT2D eigenvalue weighted by Crippen LogP contribution is -2.45. The van der Waals surface area contributed by atoms with Gasteiger partial charge < -0.3 is 19.5 Å². The molecule has 6 nitrogen and oxygen atoms in total. The van der Waals surface area contributed by atoms with Gasteiger partial charge >= 0.3 is 12.1 Å². The zero-order valence-electron chi connectivity index (χ0n) is 14.0. The maximum atomic E-state index is 11.8. The highest BCUT2D eigenvalue weighted by atomic mass is 16.6. The number of rotatable bonds is 2. The minimum Gasteiger partial charge on any atom is -0.467 e. The Balaban J connectivity index is 0.00000191. The van der Waals surface area contributed by atoms with Crippen molar-refractivity contribution in [3.63, 3.8) is 0 Å². The molecule has 0 bridgehead atoms. The highest BCUT2D eigenvalue weighted by Gasteiger charge is 2.33. The summed E-state index contributed by atoms with van der Waals surface area (Å²) in [5.41, 5.74) is -0.514. The molecule has 1 atom stereocenters. The summed E-state index contributed by atoms with van der Waals surface area (Å²) >= 11 is 0. The third kappa shape index (κ3) is 6.80. The molecule has 0 aliphatic carbocycles. The van der Waals surface area contributed by atoms with Crippen molar-refractivity contribution in [1.82, 2.24) is 4.90 Å². The van der Waals surface area contributed by atoms with E-state index >= 15 is 0 Å². The Morgan fingerprint density at radius 2 is 1.67 bits per heavy atom. The van der Waals surface area contributed by atoms with Crippen molar-refractivity contribution in [2.75, 3.05) is 20.2 Å². The second-order valence-corrected chi connectivity index (χ2v) is 5.77. The van der Waals surface area contributed by atoms with Gasteiger partial charge in [-0.2, -0.15) is 0 Å². The number of carbonyl (C=O) groups is 2. The third-order valence-electron chi connectivity index (χ3n) is 3.08. The number of methoxy groups -OCH3 is 1. The van der Waals surface area contributed by atoms with Gasteiger partial charge in [-0.1, -0.05) is 13.8 Å². The summed E-state index contributed by atoms with van der Waals surface area (Å²) in [4.78, 5) is 24.7. The fourth-order valence-corrected chi connectivity index (χ4v) is 2.04. The van der Waals surface area contributed by atoms with Crippen molar-refractivity contribution >= 4 is 12.1 Å². The number of ether oxygens (including phenoxy) is 2. The van der Waals surface area contributed by atoms with Crippen LogP contribution in [0.15, 0.2) is 0 Å². The minimum atomic E-state index is -1.11. The van der Waals surface area contributed by atoms with E-state index in [0.29, 0.717) is 25.9 Å². The number of piperidine rings is 1. The molecule has 1 saturated heterocycles. The average Bonchev–Trinajstić information content (AvgIpc) is 2.46. The zero-order valence-corrected chi connectivity index (χ0v) is 14.0. The number of hydrogen-bond acceptors (Lipinski definition) is 5. The first-order valence-electron chi connectivity index (χ1n) is 7.48. The maximum absolute atomic E-state index is 11.8. The van der Waals surface area contributed by atoms with E-state index in [1.54, 1.807) is 4.90 Å². The van der Waals surface area contributed by atoms with Crippen molar-refractivity contribution in [2.45, 2.75) is 59.2 Å². The Labute approximate surface area is 127 Å². The Kier molecular flexibility index (Phi) is 8.32. The van der Waals surface area contributed by atoms with Gasteiger partial charge in [-0.05, 0) is 39.5 Å². The second-order valence-electron chi connectivity index (χ2n) is 5.77. The second kappa shape index (κ2) is 8.87. The lowest BCUT2D eigenvalue weighted by molar-refractivity contribution is -0.154. The van der Waals surface area contributed by atoms with Crippen LogP contribution in [0, 0.1) is 5.92 Å². The maximum Gasteiger partial charge on any atom is 0.410 e. The molecular weight excluding hydrogens is 274 g/mol. The van der Waals surface area contributed by atoms with Gasteiger partial charge in [-0.15, -0.1) is 0 Å². The van der Waals surface area contributed by atoms with E-state index in [-0.39, 0.29) is 12.0 Å². The van der Waals surface area contributed by atoms with E-state index in [0.717, 1.165) is 0 Å². The molecular formula is C15H29NO5. The molecule has 1 amide bonds. The molecule has 6 heteroatoms. The lowest BCUT2D eigenvalue weighted by atomic mass is 9.91. The molecule has 0 radical (unpaired) electrons. The molecule has 1 rings (SSSR count). The summed E-state index contributed by atoms with van der Waals surface area (Å²) in [6, 6.07) is 0. The zero-order chi connectivity index (χ0) is 16.6. The van der Waals surface area contributed by atoms with Gasteiger partial charge in [0.2, 0.25) is 0 Å². The van der Waals surface area contributed by atoms with Crippen molar-refractivity contribution in [3.8, 4) is 0 Å². The summed E-state index contributed by atoms with van der Waals surface area (Å²) in [5.74, 6) is -0.776. The third-order valence-corrected chi connectivity index (χ3v) is 3.08. The van der Waals surface area contributed by atoms with E-state index in [9.17, 15) is 14.7 Å². The summed E-state index contributed by atoms with van der Waals surface area (Å²) in [5, 5.41) is 9.74. The number of likely N-dealkylation sites (tertiary alicyclic amines) is 1. The Morgan fingerprint density at radius 1 is 1.19 bits per heavy atom. The lowest BCUT2D eigenvalue weighted by Gasteiger charge is -2.34. The van der Waals surface area contributed by atoms with Crippen LogP contribution in [0.1, 0.15) is 47.5 Å². The molecule has 0 aromatic rings. The summed E-state index contributed by atoms with van der Waals surface area (Å²) in [6.07, 6.45) is -0.324. The van der Waals surface area contributed by atoms with Crippen molar-refractivity contribution in [1.29, 1.82) is 0 Å². The largest absolute Gasteiger partial charge is 0.467 e. The first-order valence-corrected chi connectivity index (χ1v) is 7.48. The SMILES string of the molecule is CC.COC(=O)C(O)C1CCN(C(=O)OC(C)(C)C)CC1. The quantitative estimate of drug-likeness (QED) is 0.791. The van der Waals surface area contributed by atoms with Crippen molar-refractivity contribution in [3.05, 3.63) is 0 Å². The van der Waals surface area contributed by atoms with E-state index in [4.69, 9.17) is 4.74 Å². The smallest absolute Gasteiger partial charge is 0.410 e. The van der Waals surface area contributed by atoms with Crippen LogP contribution in [0.5, 0.6) is 0 Å². The Morgan fingerprint density at radius 3 is 2.05 bits per heavy atom. The van der Waals surface area contributed by atoms with Crippen LogP contribution in [0.3, 0.4) is 0 Å². The van der Waals surface area contributed by atoms with Crippen LogP contribution in [-0.2, 0) is 14.3 Å². The highest BCUT2D eigenvalue weighted by Crippen LogP contribution is 2.23. The topological polar surface area (TPSA) is 76.1 Å². The molecule has 1 N–H and O–H groups in total. The molecule has 1 fully saturated rings. The number of nitrogens with zero attached hydrogens (tertiary/aromatic N) is 1. The van der Waals surface area contributed by atoms with Gasteiger partial charge in [0, 0.05) is 13.1 Å². The predicted molar refractivity (Wildman–Crippen MR) is 79.9 cm³/mol. The predicted octanol–water partition coefficient (Wildman–Crippen LogP) is 2.19. The fraction of sp³-hybridized carbons (Fsp3) is 0.867. The van der Waals surface area contributed by atoms with Crippen LogP contribution < -0.4 is 0 Å². The van der Waals surface area contributed by atoms with Gasteiger partial charge in [-0.25, -0.2) is 9.59 Å². The van der Waals surface area contributed by atoms with Gasteiger partial charge in [0.25, 0.3) is 0 Å². The van der Waals surface area contributed by atoms with Crippen LogP contribution in [0.4, 0.5) is 4.79 Å². The van der Waals surface area contributed by atoms with Crippen LogP contribution in [-0.4, -0.2) is 54.0 Å². The van der Waals surface area contributed by atoms with Crippen molar-refractivity contribution in [2.24, 2.45) is 5.92 Å². The van der Waals surface area contributed by atoms with E-state index < -0.39 is 17.7 Å². The molecule has 1 aliphatic rings. The minimum absolute atomic E-state index is 0.161. The standard InChI is InChI=1S/C13H23NO5.C2H6/c1-13(2,3)19-12(17)14-7-5-9(6-8-14)10(15)11(16)18-4;1-2/h9-10,15H,5-8H2,1-4H3;1-2H3. The number of aliphatic hydroxyl groups excluding tert-OH is 1. The first kappa shape index (κ1) is 19.7. The van der Waals surface area contributed by atoms with Gasteiger partial charge in [0.05, 0.1) is 7.11 Å². The van der Waals surface area contributed by atoms with E-state index in [1.165, 1.54) is 7.11 Å². The highest BCUT2D eigenvalue weighted by molar-refractivity contribution is 5.74. The molecule has 21 heavy (non-hydrogen) atoms. The van der Waals surface area contributed by atoms with Gasteiger partial charge in [0.1, 0.15) is 5.60 Å². The summed E-state index contributed by atoms with van der Waals surface area (Å²) in [6.45, 7) is 10.4. The van der Waals surface area contributed by atoms with Gasteiger partial charge in [0.15, 0.2) is 6.10 Å². The number of esters is 1. The number of aliphatic hydroxyl groups is 1. The van der Waals surface area contributed by atoms with Crippen LogP contribution >= 0.6 is 0 Å². The number of hydrogen-bond donors (Lipinski definition) is 1. The van der Waals surface area contributed by atoms with Crippen molar-refractivity contribution < 1.29 is 24.2 Å². The van der Waals surface area contributed by atoms with Crippen LogP contribution in [0.25, 0.3) is 0 Å². The number of carbonyl (C=O) groups excluding carboxylic acids is 2. The molecule has 0 spiro atoms. The Hall–Kier alpha value is -1.30. The van der Waals surface area contributed by atoms with E-state index in [2.05, 4.69) is 4.74 Å². The molecule has 1 heterocycles. The normalized spacial score (nSPS) is 17.4. The summed E-state index contributed by atoms with van der Waals surface area (Å²) in [7, 11) is 1.25. The summed E-state index contributed by atoms with van der Waals surface area (Å²) < 4.78 is 9.79. The van der Waals surface area contributed by atoms with Gasteiger partial charge in [-0.3, -0.25) is 0 Å². The first-order chi connectivity index (χ1) is 9.74. The molecule has 0 aromatic carbocycles. The molecule has 124 valence electrons. The molecule has 0 saturated carbocycles. The van der Waals surface area contributed by atoms with E-state index in [1.807, 2.05) is 34.6 Å². The van der Waals surface area contributed by atoms with Crippen LogP contribution in [0.2, 0.25) is 0 Å².